The summed E-state index contributed by atoms with van der Waals surface area (Å²) in [5.74, 6) is -0.943. The predicted molar refractivity (Wildman–Crippen MR) is 192 cm³/mol. The molecule has 0 radical (unpaired) electrons. The molecule has 5 rings (SSSR count). The number of nitrogens with zero attached hydrogens (tertiary/aromatic N) is 5. The molecule has 0 spiro atoms. The summed E-state index contributed by atoms with van der Waals surface area (Å²) in [5, 5.41) is 13.0. The first kappa shape index (κ1) is 37.8. The van der Waals surface area contributed by atoms with Crippen LogP contribution in [0.3, 0.4) is 0 Å². The van der Waals surface area contributed by atoms with Gasteiger partial charge in [0.15, 0.2) is 11.6 Å². The molecular formula is C36H39FN6O8S. The minimum Gasteiger partial charge on any atom is -0.487 e. The number of thiazole rings is 1. The van der Waals surface area contributed by atoms with Crippen LogP contribution < -0.4 is 19.7 Å². The van der Waals surface area contributed by atoms with E-state index in [9.17, 15) is 19.5 Å². The lowest BCUT2D eigenvalue weighted by molar-refractivity contribution is 0.0510. The van der Waals surface area contributed by atoms with Gasteiger partial charge in [-0.25, -0.2) is 33.9 Å². The summed E-state index contributed by atoms with van der Waals surface area (Å²) in [6.45, 7) is 11.1. The highest BCUT2D eigenvalue weighted by molar-refractivity contribution is 7.21. The maximum atomic E-state index is 15.2. The highest BCUT2D eigenvalue weighted by Crippen LogP contribution is 2.37. The quantitative estimate of drug-likeness (QED) is 0.157. The molecule has 2 N–H and O–H groups in total. The van der Waals surface area contributed by atoms with Crippen molar-refractivity contribution in [3.63, 3.8) is 0 Å². The fraction of sp³-hybridized carbons (Fsp3) is 0.361. The van der Waals surface area contributed by atoms with Crippen LogP contribution in [0.15, 0.2) is 48.8 Å². The first-order valence-electron chi connectivity index (χ1n) is 16.2. The second kappa shape index (κ2) is 15.0. The molecule has 0 saturated carbocycles. The smallest absolute Gasteiger partial charge is 0.424 e. The molecule has 0 aliphatic carbocycles. The lowest BCUT2D eigenvalue weighted by atomic mass is 10.1. The van der Waals surface area contributed by atoms with Crippen LogP contribution in [0.5, 0.6) is 11.6 Å². The molecule has 1 atom stereocenters. The molecule has 0 saturated heterocycles. The van der Waals surface area contributed by atoms with E-state index in [1.165, 1.54) is 69.7 Å². The molecule has 0 bridgehead atoms. The molecule has 52 heavy (non-hydrogen) atoms. The van der Waals surface area contributed by atoms with Crippen molar-refractivity contribution in [3.8, 4) is 22.2 Å². The van der Waals surface area contributed by atoms with Crippen molar-refractivity contribution in [2.24, 2.45) is 0 Å². The number of imide groups is 1. The zero-order chi connectivity index (χ0) is 38.0. The van der Waals surface area contributed by atoms with E-state index in [1.54, 1.807) is 20.8 Å². The van der Waals surface area contributed by atoms with Crippen LogP contribution >= 0.6 is 11.3 Å². The Hall–Kier alpha value is -5.48. The standard InChI is InChI=1S/C36H39FN6O8S/c1-19-11-22(30-26(12-19)41-29(48-8)16-39-30)32-42-25-13-23(37)27(14-28(25)52-32)49-17-20(2)50-33(45)43(34(46)51-35(3,4)5)21-9-10-24(38-15-21)31(44)40-18-36(6,7)47/h9-16,20,47H,17-18H2,1-8H3,(H,40,44)/t20-/m1/s1. The Kier molecular flexibility index (Phi) is 10.9. The third-order valence-electron chi connectivity index (χ3n) is 7.10. The summed E-state index contributed by atoms with van der Waals surface area (Å²) in [5.41, 5.74) is 1.21. The molecule has 3 heterocycles. The van der Waals surface area contributed by atoms with Crippen LogP contribution in [0.1, 0.15) is 57.6 Å². The van der Waals surface area contributed by atoms with Crippen LogP contribution in [-0.2, 0) is 9.47 Å². The van der Waals surface area contributed by atoms with Gasteiger partial charge in [0, 0.05) is 24.2 Å². The van der Waals surface area contributed by atoms with Gasteiger partial charge in [0.1, 0.15) is 29.0 Å². The van der Waals surface area contributed by atoms with Crippen LogP contribution in [-0.4, -0.2) is 80.7 Å². The largest absolute Gasteiger partial charge is 0.487 e. The number of carbonyl (C=O) groups is 3. The molecule has 0 aliphatic heterocycles. The molecular weight excluding hydrogens is 695 g/mol. The molecule has 0 aliphatic rings. The number of aryl methyl sites for hydroxylation is 1. The minimum atomic E-state index is -1.14. The first-order chi connectivity index (χ1) is 24.4. The van der Waals surface area contributed by atoms with Gasteiger partial charge in [0.2, 0.25) is 5.88 Å². The Balaban J connectivity index is 1.30. The summed E-state index contributed by atoms with van der Waals surface area (Å²) in [6, 6.07) is 9.25. The van der Waals surface area contributed by atoms with E-state index >= 15 is 4.39 Å². The molecule has 274 valence electrons. The minimum absolute atomic E-state index is 0.0130. The van der Waals surface area contributed by atoms with Crippen LogP contribution in [0.4, 0.5) is 19.7 Å². The summed E-state index contributed by atoms with van der Waals surface area (Å²) in [6.07, 6.45) is -0.451. The topological polar surface area (TPSA) is 175 Å². The van der Waals surface area contributed by atoms with Gasteiger partial charge in [-0.15, -0.1) is 11.3 Å². The van der Waals surface area contributed by atoms with E-state index in [0.717, 1.165) is 17.3 Å². The van der Waals surface area contributed by atoms with Gasteiger partial charge in [-0.05, 0) is 78.3 Å². The average Bonchev–Trinajstić information content (AvgIpc) is 3.47. The fourth-order valence-corrected chi connectivity index (χ4v) is 5.76. The number of anilines is 1. The monoisotopic (exact) mass is 734 g/mol. The Morgan fingerprint density at radius 3 is 2.40 bits per heavy atom. The average molecular weight is 735 g/mol. The molecule has 0 unspecified atom stereocenters. The van der Waals surface area contributed by atoms with Crippen molar-refractivity contribution in [1.29, 1.82) is 0 Å². The number of nitrogens with one attached hydrogen (secondary N) is 1. The summed E-state index contributed by atoms with van der Waals surface area (Å²) in [7, 11) is 1.52. The zero-order valence-electron chi connectivity index (χ0n) is 29.9. The number of pyridine rings is 1. The fourth-order valence-electron chi connectivity index (χ4n) is 4.76. The van der Waals surface area contributed by atoms with Crippen molar-refractivity contribution in [2.75, 3.05) is 25.2 Å². The van der Waals surface area contributed by atoms with Gasteiger partial charge >= 0.3 is 12.2 Å². The number of carbonyl (C=O) groups excluding carboxylic acids is 3. The summed E-state index contributed by atoms with van der Waals surface area (Å²) < 4.78 is 37.8. The third-order valence-corrected chi connectivity index (χ3v) is 8.16. The van der Waals surface area contributed by atoms with Gasteiger partial charge in [0.25, 0.3) is 5.91 Å². The number of hydrogen-bond acceptors (Lipinski definition) is 13. The van der Waals surface area contributed by atoms with Crippen molar-refractivity contribution < 1.29 is 42.8 Å². The van der Waals surface area contributed by atoms with Gasteiger partial charge in [-0.3, -0.25) is 4.79 Å². The van der Waals surface area contributed by atoms with Crippen LogP contribution in [0, 0.1) is 12.7 Å². The molecule has 5 aromatic rings. The predicted octanol–water partition coefficient (Wildman–Crippen LogP) is 6.60. The molecule has 3 amide bonds. The Bertz CT molecular complexity index is 2130. The van der Waals surface area contributed by atoms with E-state index in [-0.39, 0.29) is 30.3 Å². The number of hydrogen-bond donors (Lipinski definition) is 2. The van der Waals surface area contributed by atoms with Crippen LogP contribution in [0.2, 0.25) is 0 Å². The third kappa shape index (κ3) is 9.24. The van der Waals surface area contributed by atoms with Gasteiger partial charge < -0.3 is 29.4 Å². The van der Waals surface area contributed by atoms with Crippen molar-refractivity contribution in [2.45, 2.75) is 65.8 Å². The van der Waals surface area contributed by atoms with Crippen molar-refractivity contribution in [1.82, 2.24) is 25.3 Å². The number of fused-ring (bicyclic) bond motifs is 2. The lowest BCUT2D eigenvalue weighted by Gasteiger charge is -2.26. The number of aliphatic hydroxyl groups is 1. The number of amides is 3. The molecule has 3 aromatic heterocycles. The number of benzene rings is 2. The number of rotatable bonds is 10. The Labute approximate surface area is 302 Å². The van der Waals surface area contributed by atoms with E-state index in [0.29, 0.717) is 37.0 Å². The van der Waals surface area contributed by atoms with Gasteiger partial charge in [-0.2, -0.15) is 4.90 Å². The second-order valence-corrected chi connectivity index (χ2v) is 14.6. The highest BCUT2D eigenvalue weighted by Gasteiger charge is 2.32. The number of aromatic nitrogens is 4. The second-order valence-electron chi connectivity index (χ2n) is 13.6. The highest BCUT2D eigenvalue weighted by atomic mass is 32.1. The number of ether oxygens (including phenoxy) is 4. The SMILES string of the molecule is COc1cnc2c(-c3nc4cc(F)c(OC[C@@H](C)OC(=O)N(C(=O)OC(C)(C)C)c5ccc(C(=O)NCC(C)(C)O)nc5)cc4s3)cc(C)cc2n1. The number of methoxy groups -OCH3 is 1. The van der Waals surface area contributed by atoms with Crippen molar-refractivity contribution in [3.05, 3.63) is 65.9 Å². The molecule has 0 fully saturated rings. The van der Waals surface area contributed by atoms with Gasteiger partial charge in [-0.1, -0.05) is 0 Å². The molecule has 2 aromatic carbocycles. The Morgan fingerprint density at radius 1 is 1.00 bits per heavy atom. The summed E-state index contributed by atoms with van der Waals surface area (Å²) >= 11 is 1.32. The van der Waals surface area contributed by atoms with Gasteiger partial charge in [0.05, 0.1) is 52.0 Å². The molecule has 14 nitrogen and oxygen atoms in total. The van der Waals surface area contributed by atoms with E-state index in [2.05, 4.69) is 25.3 Å². The maximum absolute atomic E-state index is 15.2. The molecule has 16 heteroatoms. The van der Waals surface area contributed by atoms with Crippen molar-refractivity contribution >= 4 is 56.4 Å². The van der Waals surface area contributed by atoms with Crippen LogP contribution in [0.25, 0.3) is 31.8 Å². The zero-order valence-corrected chi connectivity index (χ0v) is 30.8. The lowest BCUT2D eigenvalue weighted by Crippen LogP contribution is -2.43. The normalized spacial score (nSPS) is 12.3. The maximum Gasteiger partial charge on any atom is 0.424 e. The summed E-state index contributed by atoms with van der Waals surface area (Å²) in [4.78, 5) is 57.3. The first-order valence-corrected chi connectivity index (χ1v) is 17.0. The Morgan fingerprint density at radius 2 is 1.75 bits per heavy atom. The van der Waals surface area contributed by atoms with E-state index in [1.807, 2.05) is 19.1 Å². The van der Waals surface area contributed by atoms with E-state index < -0.39 is 41.2 Å². The van der Waals surface area contributed by atoms with E-state index in [4.69, 9.17) is 18.9 Å². The number of halogens is 1.